The third-order valence-corrected chi connectivity index (χ3v) is 6.35. The number of nitrogens with zero attached hydrogens (tertiary/aromatic N) is 4. The van der Waals surface area contributed by atoms with Crippen molar-refractivity contribution in [2.24, 2.45) is 5.10 Å². The number of fused-ring (bicyclic) bond motifs is 1. The molecule has 3 aliphatic heterocycles. The summed E-state index contributed by atoms with van der Waals surface area (Å²) in [6, 6.07) is 16.1. The van der Waals surface area contributed by atoms with Gasteiger partial charge in [-0.3, -0.25) is 14.5 Å². The van der Waals surface area contributed by atoms with Crippen LogP contribution >= 0.6 is 0 Å². The predicted molar refractivity (Wildman–Crippen MR) is 117 cm³/mol. The molecule has 8 heteroatoms. The van der Waals surface area contributed by atoms with Crippen molar-refractivity contribution in [3.05, 3.63) is 65.7 Å². The average molecular weight is 432 g/mol. The Bertz CT molecular complexity index is 1060. The summed E-state index contributed by atoms with van der Waals surface area (Å²) < 4.78 is 5.25. The maximum atomic E-state index is 13.3. The van der Waals surface area contributed by atoms with Crippen LogP contribution in [0, 0.1) is 0 Å². The number of hydrogen-bond acceptors (Lipinski definition) is 5. The van der Waals surface area contributed by atoms with Crippen molar-refractivity contribution in [2.75, 3.05) is 20.2 Å². The average Bonchev–Trinajstić information content (AvgIpc) is 3.54. The van der Waals surface area contributed by atoms with Crippen molar-refractivity contribution in [1.29, 1.82) is 0 Å². The second-order valence-electron chi connectivity index (χ2n) is 8.20. The molecule has 0 saturated carbocycles. The fourth-order valence-electron chi connectivity index (χ4n) is 4.67. The number of carbonyl (C=O) groups excluding carboxylic acids is 3. The number of hydrazone groups is 1. The Morgan fingerprint density at radius 3 is 2.50 bits per heavy atom. The van der Waals surface area contributed by atoms with E-state index < -0.39 is 6.04 Å². The van der Waals surface area contributed by atoms with Gasteiger partial charge >= 0.3 is 6.03 Å². The van der Waals surface area contributed by atoms with Gasteiger partial charge in [0.25, 0.3) is 11.8 Å². The molecular formula is C24H24N4O4. The Balaban J connectivity index is 1.42. The molecule has 2 aromatic rings. The number of imide groups is 1. The molecule has 2 aromatic carbocycles. The highest BCUT2D eigenvalue weighted by Crippen LogP contribution is 2.34. The van der Waals surface area contributed by atoms with Crippen molar-refractivity contribution in [3.8, 4) is 5.75 Å². The van der Waals surface area contributed by atoms with Crippen molar-refractivity contribution >= 4 is 23.6 Å². The lowest BCUT2D eigenvalue weighted by Crippen LogP contribution is -2.42. The Morgan fingerprint density at radius 2 is 1.81 bits per heavy atom. The van der Waals surface area contributed by atoms with Gasteiger partial charge in [-0.05, 0) is 36.1 Å². The molecular weight excluding hydrogens is 408 g/mol. The third kappa shape index (κ3) is 3.41. The first kappa shape index (κ1) is 20.2. The summed E-state index contributed by atoms with van der Waals surface area (Å²) in [7, 11) is 1.60. The lowest BCUT2D eigenvalue weighted by molar-refractivity contribution is -0.138. The number of amides is 4. The number of carbonyl (C=O) groups is 3. The zero-order valence-electron chi connectivity index (χ0n) is 17.8. The van der Waals surface area contributed by atoms with Crippen molar-refractivity contribution in [3.63, 3.8) is 0 Å². The van der Waals surface area contributed by atoms with Crippen LogP contribution in [-0.2, 0) is 9.59 Å². The predicted octanol–water partition coefficient (Wildman–Crippen LogP) is 2.80. The molecule has 0 aromatic heterocycles. The lowest BCUT2D eigenvalue weighted by Gasteiger charge is -2.24. The standard InChI is InChI=1S/C24H24N4O4/c1-32-18-11-9-17(10-12-18)21-14-19(16-6-3-2-4-7-16)25-28(21)22(29)15-27-23(30)20-8-5-13-26(20)24(27)31/h2-4,6-7,9-12,20-21H,5,8,13-15H2,1H3. The van der Waals surface area contributed by atoms with Gasteiger partial charge in [-0.1, -0.05) is 42.5 Å². The van der Waals surface area contributed by atoms with Crippen LogP contribution in [0.3, 0.4) is 0 Å². The summed E-state index contributed by atoms with van der Waals surface area (Å²) in [5.74, 6) is 0.0654. The molecule has 0 aliphatic carbocycles. The van der Waals surface area contributed by atoms with Crippen molar-refractivity contribution < 1.29 is 19.1 Å². The van der Waals surface area contributed by atoms with E-state index in [9.17, 15) is 14.4 Å². The number of urea groups is 1. The van der Waals surface area contributed by atoms with Crippen LogP contribution in [0.1, 0.15) is 36.4 Å². The van der Waals surface area contributed by atoms with Crippen LogP contribution in [0.5, 0.6) is 5.75 Å². The molecule has 0 radical (unpaired) electrons. The molecule has 3 heterocycles. The molecule has 32 heavy (non-hydrogen) atoms. The maximum absolute atomic E-state index is 13.3. The fourth-order valence-corrected chi connectivity index (χ4v) is 4.67. The smallest absolute Gasteiger partial charge is 0.327 e. The molecule has 2 fully saturated rings. The Labute approximate surface area is 186 Å². The number of rotatable bonds is 5. The molecule has 0 spiro atoms. The first-order valence-electron chi connectivity index (χ1n) is 10.8. The topological polar surface area (TPSA) is 82.5 Å². The van der Waals surface area contributed by atoms with Crippen LogP contribution < -0.4 is 4.74 Å². The SMILES string of the molecule is COc1ccc(C2CC(c3ccccc3)=NN2C(=O)CN2C(=O)C3CCCN3C2=O)cc1. The number of benzene rings is 2. The molecule has 2 atom stereocenters. The minimum Gasteiger partial charge on any atom is -0.497 e. The van der Waals surface area contributed by atoms with Crippen LogP contribution in [0.4, 0.5) is 4.79 Å². The van der Waals surface area contributed by atoms with Crippen LogP contribution in [-0.4, -0.2) is 64.6 Å². The molecule has 2 unspecified atom stereocenters. The van der Waals surface area contributed by atoms with Gasteiger partial charge in [0.1, 0.15) is 18.3 Å². The van der Waals surface area contributed by atoms with E-state index in [1.165, 1.54) is 5.01 Å². The largest absolute Gasteiger partial charge is 0.497 e. The van der Waals surface area contributed by atoms with Crippen LogP contribution in [0.25, 0.3) is 0 Å². The van der Waals surface area contributed by atoms with E-state index in [0.717, 1.165) is 33.9 Å². The molecule has 164 valence electrons. The minimum absolute atomic E-state index is 0.284. The summed E-state index contributed by atoms with van der Waals surface area (Å²) in [6.45, 7) is 0.261. The molecule has 0 N–H and O–H groups in total. The molecule has 5 rings (SSSR count). The van der Waals surface area contributed by atoms with Gasteiger partial charge in [0.15, 0.2) is 0 Å². The van der Waals surface area contributed by atoms with E-state index in [1.807, 2.05) is 54.6 Å². The van der Waals surface area contributed by atoms with E-state index in [-0.39, 0.29) is 30.4 Å². The second-order valence-corrected chi connectivity index (χ2v) is 8.20. The number of hydrogen-bond donors (Lipinski definition) is 0. The Hall–Kier alpha value is -3.68. The molecule has 2 saturated heterocycles. The molecule has 8 nitrogen and oxygen atoms in total. The van der Waals surface area contributed by atoms with E-state index in [4.69, 9.17) is 4.74 Å². The van der Waals surface area contributed by atoms with E-state index in [2.05, 4.69) is 5.10 Å². The van der Waals surface area contributed by atoms with Gasteiger partial charge in [-0.25, -0.2) is 9.80 Å². The number of ether oxygens (including phenoxy) is 1. The van der Waals surface area contributed by atoms with Gasteiger partial charge in [-0.2, -0.15) is 5.10 Å². The monoisotopic (exact) mass is 432 g/mol. The highest BCUT2D eigenvalue weighted by Gasteiger charge is 2.48. The summed E-state index contributed by atoms with van der Waals surface area (Å²) in [5.41, 5.74) is 2.64. The molecule has 3 aliphatic rings. The van der Waals surface area contributed by atoms with Gasteiger partial charge < -0.3 is 9.64 Å². The number of methoxy groups -OCH3 is 1. The zero-order chi connectivity index (χ0) is 22.2. The zero-order valence-corrected chi connectivity index (χ0v) is 17.8. The summed E-state index contributed by atoms with van der Waals surface area (Å²) >= 11 is 0. The van der Waals surface area contributed by atoms with E-state index >= 15 is 0 Å². The van der Waals surface area contributed by atoms with E-state index in [0.29, 0.717) is 19.4 Å². The lowest BCUT2D eigenvalue weighted by atomic mass is 9.98. The Morgan fingerprint density at radius 1 is 1.06 bits per heavy atom. The highest BCUT2D eigenvalue weighted by atomic mass is 16.5. The van der Waals surface area contributed by atoms with Gasteiger partial charge in [0, 0.05) is 13.0 Å². The summed E-state index contributed by atoms with van der Waals surface area (Å²) in [6.07, 6.45) is 2.02. The van der Waals surface area contributed by atoms with Gasteiger partial charge in [-0.15, -0.1) is 0 Å². The maximum Gasteiger partial charge on any atom is 0.327 e. The van der Waals surface area contributed by atoms with Crippen molar-refractivity contribution in [2.45, 2.75) is 31.3 Å². The molecule has 0 bridgehead atoms. The van der Waals surface area contributed by atoms with Crippen LogP contribution in [0.2, 0.25) is 0 Å². The van der Waals surface area contributed by atoms with Crippen molar-refractivity contribution in [1.82, 2.24) is 14.8 Å². The third-order valence-electron chi connectivity index (χ3n) is 6.35. The van der Waals surface area contributed by atoms with Crippen LogP contribution in [0.15, 0.2) is 59.7 Å². The summed E-state index contributed by atoms with van der Waals surface area (Å²) in [5, 5.41) is 6.05. The highest BCUT2D eigenvalue weighted by molar-refractivity contribution is 6.07. The second kappa shape index (κ2) is 8.11. The Kier molecular flexibility index (Phi) is 5.13. The minimum atomic E-state index is -0.422. The fraction of sp³-hybridized carbons (Fsp3) is 0.333. The van der Waals surface area contributed by atoms with Gasteiger partial charge in [0.2, 0.25) is 0 Å². The van der Waals surface area contributed by atoms with E-state index in [1.54, 1.807) is 12.0 Å². The first-order chi connectivity index (χ1) is 15.6. The normalized spacial score (nSPS) is 22.4. The quantitative estimate of drug-likeness (QED) is 0.681. The molecule has 4 amide bonds. The van der Waals surface area contributed by atoms with Gasteiger partial charge in [0.05, 0.1) is 18.9 Å². The summed E-state index contributed by atoms with van der Waals surface area (Å²) in [4.78, 5) is 41.3. The first-order valence-corrected chi connectivity index (χ1v) is 10.8.